The maximum absolute atomic E-state index is 10.9. The number of amides is 1. The zero-order chi connectivity index (χ0) is 8.69. The average Bonchev–Trinajstić information content (AvgIpc) is 2.00. The van der Waals surface area contributed by atoms with E-state index in [0.29, 0.717) is 6.54 Å². The summed E-state index contributed by atoms with van der Waals surface area (Å²) in [6.45, 7) is 4.84. The van der Waals surface area contributed by atoms with Gasteiger partial charge in [0.25, 0.3) is 0 Å². The lowest BCUT2D eigenvalue weighted by molar-refractivity contribution is -0.120. The van der Waals surface area contributed by atoms with Crippen molar-refractivity contribution < 1.29 is 4.79 Å². The number of carbonyl (C=O) groups is 1. The maximum Gasteiger partial charge on any atom is 0.234 e. The van der Waals surface area contributed by atoms with E-state index in [-0.39, 0.29) is 11.9 Å². The Morgan fingerprint density at radius 3 is 2.82 bits per heavy atom. The van der Waals surface area contributed by atoms with Gasteiger partial charge in [-0.25, -0.2) is 0 Å². The van der Waals surface area contributed by atoms with Crippen LogP contribution >= 0.6 is 0 Å². The molecule has 0 aliphatic rings. The molecule has 0 rings (SSSR count). The second kappa shape index (κ2) is 5.75. The van der Waals surface area contributed by atoms with E-state index in [9.17, 15) is 4.79 Å². The van der Waals surface area contributed by atoms with Crippen LogP contribution in [0.25, 0.3) is 0 Å². The second-order valence-electron chi connectivity index (χ2n) is 2.24. The molecule has 2 N–H and O–H groups in total. The molecule has 0 heterocycles. The van der Waals surface area contributed by atoms with E-state index in [1.165, 1.54) is 0 Å². The van der Waals surface area contributed by atoms with Gasteiger partial charge >= 0.3 is 0 Å². The molecule has 0 spiro atoms. The van der Waals surface area contributed by atoms with Gasteiger partial charge in [-0.3, -0.25) is 4.79 Å². The van der Waals surface area contributed by atoms with Crippen molar-refractivity contribution in [2.24, 2.45) is 0 Å². The predicted molar refractivity (Wildman–Crippen MR) is 45.0 cm³/mol. The van der Waals surface area contributed by atoms with Gasteiger partial charge in [-0.1, -0.05) is 12.8 Å². The zero-order valence-corrected chi connectivity index (χ0v) is 6.98. The minimum atomic E-state index is -0.179. The van der Waals surface area contributed by atoms with Gasteiger partial charge in [-0.2, -0.15) is 0 Å². The van der Waals surface area contributed by atoms with Gasteiger partial charge in [0.15, 0.2) is 0 Å². The first kappa shape index (κ1) is 9.99. The van der Waals surface area contributed by atoms with Crippen LogP contribution in [-0.4, -0.2) is 25.0 Å². The van der Waals surface area contributed by atoms with Crippen LogP contribution in [0, 0.1) is 12.3 Å². The lowest BCUT2D eigenvalue weighted by atomic mass is 10.3. The Bertz CT molecular complexity index is 160. The van der Waals surface area contributed by atoms with E-state index in [0.717, 1.165) is 6.54 Å². The predicted octanol–water partition coefficient (Wildman–Crippen LogP) is -0.266. The molecule has 0 saturated heterocycles. The molecule has 0 aliphatic heterocycles. The third-order valence-corrected chi connectivity index (χ3v) is 1.16. The van der Waals surface area contributed by atoms with Gasteiger partial charge in [0, 0.05) is 0 Å². The third kappa shape index (κ3) is 5.43. The highest BCUT2D eigenvalue weighted by Crippen LogP contribution is 1.75. The summed E-state index contributed by atoms with van der Waals surface area (Å²) in [5.41, 5.74) is 0. The van der Waals surface area contributed by atoms with Crippen LogP contribution in [0.15, 0.2) is 0 Å². The van der Waals surface area contributed by atoms with E-state index in [1.807, 2.05) is 6.92 Å². The van der Waals surface area contributed by atoms with E-state index in [2.05, 4.69) is 16.6 Å². The van der Waals surface area contributed by atoms with Gasteiger partial charge in [-0.05, 0) is 13.5 Å². The molecule has 3 nitrogen and oxygen atoms in total. The summed E-state index contributed by atoms with van der Waals surface area (Å²) in [5.74, 6) is 2.35. The number of hydrogen-bond acceptors (Lipinski definition) is 2. The number of terminal acetylenes is 1. The number of hydrogen-bond donors (Lipinski definition) is 2. The van der Waals surface area contributed by atoms with Crippen LogP contribution in [0.3, 0.4) is 0 Å². The van der Waals surface area contributed by atoms with Crippen molar-refractivity contribution in [2.75, 3.05) is 13.1 Å². The van der Waals surface area contributed by atoms with Crippen LogP contribution < -0.4 is 10.6 Å². The third-order valence-electron chi connectivity index (χ3n) is 1.16. The van der Waals surface area contributed by atoms with Crippen molar-refractivity contribution in [3.05, 3.63) is 0 Å². The summed E-state index contributed by atoms with van der Waals surface area (Å²) in [6.07, 6.45) is 5.06. The van der Waals surface area contributed by atoms with Gasteiger partial charge in [0.1, 0.15) is 0 Å². The molecule has 0 aromatic rings. The molecule has 62 valence electrons. The monoisotopic (exact) mass is 154 g/mol. The summed E-state index contributed by atoms with van der Waals surface area (Å²) in [6, 6.07) is -0.179. The van der Waals surface area contributed by atoms with E-state index < -0.39 is 0 Å². The molecule has 0 aliphatic carbocycles. The van der Waals surface area contributed by atoms with Crippen molar-refractivity contribution in [3.63, 3.8) is 0 Å². The molecule has 0 saturated carbocycles. The fourth-order valence-corrected chi connectivity index (χ4v) is 0.573. The molecule has 0 fully saturated rings. The molecular weight excluding hydrogens is 140 g/mol. The summed E-state index contributed by atoms with van der Waals surface area (Å²) >= 11 is 0. The van der Waals surface area contributed by atoms with Gasteiger partial charge in [0.2, 0.25) is 5.91 Å². The maximum atomic E-state index is 10.9. The Labute approximate surface area is 67.6 Å². The molecule has 0 aromatic heterocycles. The first-order valence-corrected chi connectivity index (χ1v) is 3.67. The molecule has 0 bridgehead atoms. The lowest BCUT2D eigenvalue weighted by Gasteiger charge is -2.06. The summed E-state index contributed by atoms with van der Waals surface area (Å²) < 4.78 is 0. The second-order valence-corrected chi connectivity index (χ2v) is 2.24. The van der Waals surface area contributed by atoms with Crippen molar-refractivity contribution in [1.29, 1.82) is 0 Å². The molecule has 1 unspecified atom stereocenters. The number of carbonyl (C=O) groups excluding carboxylic acids is 1. The summed E-state index contributed by atoms with van der Waals surface area (Å²) in [7, 11) is 0. The largest absolute Gasteiger partial charge is 0.342 e. The highest BCUT2D eigenvalue weighted by atomic mass is 16.1. The molecule has 0 aromatic carbocycles. The molecule has 11 heavy (non-hydrogen) atoms. The fraction of sp³-hybridized carbons (Fsp3) is 0.625. The number of likely N-dealkylation sites (N-methyl/N-ethyl adjacent to an activating group) is 1. The smallest absolute Gasteiger partial charge is 0.234 e. The molecular formula is C8H14N2O. The van der Waals surface area contributed by atoms with Crippen molar-refractivity contribution >= 4 is 5.91 Å². The summed E-state index contributed by atoms with van der Waals surface area (Å²) in [4.78, 5) is 10.9. The minimum Gasteiger partial charge on any atom is -0.342 e. The molecule has 3 heteroatoms. The quantitative estimate of drug-likeness (QED) is 0.547. The Hall–Kier alpha value is -1.01. The lowest BCUT2D eigenvalue weighted by Crippen LogP contribution is -2.38. The van der Waals surface area contributed by atoms with E-state index in [1.54, 1.807) is 6.92 Å². The fourth-order valence-electron chi connectivity index (χ4n) is 0.573. The van der Waals surface area contributed by atoms with Crippen LogP contribution in [0.2, 0.25) is 0 Å². The topological polar surface area (TPSA) is 41.1 Å². The number of rotatable bonds is 4. The molecule has 0 radical (unpaired) electrons. The van der Waals surface area contributed by atoms with E-state index >= 15 is 0 Å². The summed E-state index contributed by atoms with van der Waals surface area (Å²) in [5, 5.41) is 5.52. The highest BCUT2D eigenvalue weighted by molar-refractivity contribution is 5.78. The van der Waals surface area contributed by atoms with Crippen LogP contribution in [0.1, 0.15) is 13.8 Å². The minimum absolute atomic E-state index is 0.0581. The van der Waals surface area contributed by atoms with Crippen molar-refractivity contribution in [3.8, 4) is 12.3 Å². The normalized spacial score (nSPS) is 11.7. The van der Waals surface area contributed by atoms with E-state index in [4.69, 9.17) is 6.42 Å². The Balaban J connectivity index is 3.46. The SMILES string of the molecule is C#CC(C)NC(=O)CNCC. The van der Waals surface area contributed by atoms with Crippen molar-refractivity contribution in [2.45, 2.75) is 19.9 Å². The standard InChI is InChI=1S/C8H14N2O/c1-4-7(3)10-8(11)6-9-5-2/h1,7,9H,5-6H2,2-3H3,(H,10,11). The highest BCUT2D eigenvalue weighted by Gasteiger charge is 2.01. The van der Waals surface area contributed by atoms with Gasteiger partial charge < -0.3 is 10.6 Å². The molecule has 1 atom stereocenters. The Morgan fingerprint density at radius 2 is 2.36 bits per heavy atom. The Morgan fingerprint density at radius 1 is 1.73 bits per heavy atom. The first-order valence-electron chi connectivity index (χ1n) is 3.67. The van der Waals surface area contributed by atoms with Crippen LogP contribution in [0.4, 0.5) is 0 Å². The average molecular weight is 154 g/mol. The van der Waals surface area contributed by atoms with Gasteiger partial charge in [-0.15, -0.1) is 6.42 Å². The molecule has 1 amide bonds. The van der Waals surface area contributed by atoms with Crippen LogP contribution in [0.5, 0.6) is 0 Å². The zero-order valence-electron chi connectivity index (χ0n) is 6.98. The van der Waals surface area contributed by atoms with Gasteiger partial charge in [0.05, 0.1) is 12.6 Å². The first-order chi connectivity index (χ1) is 5.20. The van der Waals surface area contributed by atoms with Crippen LogP contribution in [-0.2, 0) is 4.79 Å². The number of nitrogens with one attached hydrogen (secondary N) is 2. The Kier molecular flexibility index (Phi) is 5.22. The van der Waals surface area contributed by atoms with Crippen molar-refractivity contribution in [1.82, 2.24) is 10.6 Å².